The molecule has 344 valence electrons. The third kappa shape index (κ3) is 7.72. The number of cyclic esters (lactones) is 1. The molecule has 0 amide bonds. The molecule has 0 bridgehead atoms. The van der Waals surface area contributed by atoms with E-state index in [2.05, 4.69) is 48.5 Å². The third-order valence-electron chi connectivity index (χ3n) is 15.3. The number of hydrogen-bond donors (Lipinski definition) is 0. The molecule has 0 aromatic heterocycles. The summed E-state index contributed by atoms with van der Waals surface area (Å²) in [5.41, 5.74) is -0.712. The second kappa shape index (κ2) is 18.4. The van der Waals surface area contributed by atoms with Gasteiger partial charge in [-0.25, -0.2) is 4.79 Å². The number of carbonyl (C=O) groups excluding carboxylic acids is 3. The minimum absolute atomic E-state index is 0.00397. The molecule has 2 spiro atoms. The Bertz CT molecular complexity index is 1630. The summed E-state index contributed by atoms with van der Waals surface area (Å²) in [6.45, 7) is 17.6. The minimum atomic E-state index is -1.05. The van der Waals surface area contributed by atoms with Gasteiger partial charge in [0.2, 0.25) is 6.29 Å². The Morgan fingerprint density at radius 3 is 2.08 bits per heavy atom. The normalized spacial score (nSPS) is 41.1. The van der Waals surface area contributed by atoms with E-state index in [1.165, 1.54) is 0 Å². The van der Waals surface area contributed by atoms with Crippen molar-refractivity contribution in [2.75, 3.05) is 39.6 Å². The van der Waals surface area contributed by atoms with Crippen LogP contribution in [0.15, 0.2) is 11.1 Å². The van der Waals surface area contributed by atoms with Gasteiger partial charge in [-0.3, -0.25) is 9.59 Å². The summed E-state index contributed by atoms with van der Waals surface area (Å²) < 4.78 is 70.4. The summed E-state index contributed by atoms with van der Waals surface area (Å²) in [5, 5.41) is 0. The molecule has 14 atom stereocenters. The van der Waals surface area contributed by atoms with Crippen LogP contribution in [0.25, 0.3) is 0 Å². The van der Waals surface area contributed by atoms with Crippen molar-refractivity contribution in [1.82, 2.24) is 0 Å². The summed E-state index contributed by atoms with van der Waals surface area (Å²) in [6, 6.07) is 0. The molecule has 8 rings (SSSR count). The van der Waals surface area contributed by atoms with Gasteiger partial charge < -0.3 is 52.1 Å². The summed E-state index contributed by atoms with van der Waals surface area (Å²) in [5.74, 6) is -1.02. The van der Waals surface area contributed by atoms with Gasteiger partial charge in [0.25, 0.3) is 0 Å². The standard InChI is InChI=1S/C47H72O14/c1-8-12-21-51-27-32-36(52-22-13-9-2)37(53-23-14-10-3)38(54-24-15-11-4)42(56-32)57-34(48)17-16-18-35(49)58-43-45(28(5)6)39(60-45)40-47(61-40)44(7)20-19-29-30(26-55-41(29)50)31(44)25-33-46(43,47)59-33/h28,31-33,36-40,42-43H,8-27H2,1-7H3/t31-,32?,33-,36+,37-,38?,39-,40-,42-,43+,44-,45-,46+,47+/m0/s1. The number of hydrogen-bond acceptors (Lipinski definition) is 14. The predicted molar refractivity (Wildman–Crippen MR) is 219 cm³/mol. The SMILES string of the molecule is CCCCOCC1O[C@@H](OC(=O)CCCC(=O)O[C@@H]2[C@@]3(C(C)C)O[C@H]3[C@@H]3O[C@]34[C@]23O[C@H]3C[C@H]2C3=C(CC[C@@]24C)C(=O)OC3)C(OCCCC)[C@@H](OCCCC)[C@@H]1OCCCC. The zero-order chi connectivity index (χ0) is 43.2. The Morgan fingerprint density at radius 1 is 0.770 bits per heavy atom. The lowest BCUT2D eigenvalue weighted by Crippen LogP contribution is -2.70. The molecule has 14 heteroatoms. The van der Waals surface area contributed by atoms with E-state index in [0.29, 0.717) is 45.9 Å². The van der Waals surface area contributed by atoms with Gasteiger partial charge in [-0.2, -0.15) is 0 Å². The predicted octanol–water partition coefficient (Wildman–Crippen LogP) is 6.47. The number of ether oxygens (including phenoxy) is 11. The van der Waals surface area contributed by atoms with Gasteiger partial charge in [0.15, 0.2) is 11.7 Å². The first kappa shape index (κ1) is 45.4. The molecule has 2 saturated carbocycles. The number of rotatable bonds is 24. The van der Waals surface area contributed by atoms with Crippen molar-refractivity contribution in [3.8, 4) is 0 Å². The molecule has 2 unspecified atom stereocenters. The van der Waals surface area contributed by atoms with Crippen LogP contribution in [-0.4, -0.2) is 129 Å². The van der Waals surface area contributed by atoms with Crippen LogP contribution < -0.4 is 0 Å². The molecular weight excluding hydrogens is 789 g/mol. The van der Waals surface area contributed by atoms with Gasteiger partial charge in [-0.1, -0.05) is 74.1 Å². The van der Waals surface area contributed by atoms with Crippen molar-refractivity contribution in [3.63, 3.8) is 0 Å². The zero-order valence-corrected chi connectivity index (χ0v) is 37.7. The number of carbonyl (C=O) groups is 3. The minimum Gasteiger partial charge on any atom is -0.458 e. The second-order valence-corrected chi connectivity index (χ2v) is 19.3. The van der Waals surface area contributed by atoms with Crippen molar-refractivity contribution in [3.05, 3.63) is 11.1 Å². The third-order valence-corrected chi connectivity index (χ3v) is 15.3. The quantitative estimate of drug-likeness (QED) is 0.0450. The van der Waals surface area contributed by atoms with Crippen LogP contribution in [0, 0.1) is 17.3 Å². The topological polar surface area (TPSA) is 163 Å². The van der Waals surface area contributed by atoms with Crippen LogP contribution in [0.4, 0.5) is 0 Å². The monoisotopic (exact) mass is 860 g/mol. The number of epoxide rings is 3. The smallest absolute Gasteiger partial charge is 0.334 e. The molecule has 3 aliphatic carbocycles. The number of unbranched alkanes of at least 4 members (excludes halogenated alkanes) is 4. The highest BCUT2D eigenvalue weighted by atomic mass is 16.8. The molecule has 14 nitrogen and oxygen atoms in total. The first-order valence-corrected chi connectivity index (χ1v) is 23.9. The van der Waals surface area contributed by atoms with Crippen LogP contribution in [0.2, 0.25) is 0 Å². The molecule has 5 aliphatic heterocycles. The van der Waals surface area contributed by atoms with E-state index in [0.717, 1.165) is 68.9 Å². The van der Waals surface area contributed by atoms with E-state index < -0.39 is 65.6 Å². The maximum Gasteiger partial charge on any atom is 0.334 e. The Hall–Kier alpha value is -2.17. The Kier molecular flexibility index (Phi) is 13.7. The summed E-state index contributed by atoms with van der Waals surface area (Å²) in [4.78, 5) is 40.2. The first-order chi connectivity index (χ1) is 29.5. The molecule has 0 N–H and O–H groups in total. The highest BCUT2D eigenvalue weighted by Gasteiger charge is 3.01. The maximum atomic E-state index is 13.9. The largest absolute Gasteiger partial charge is 0.458 e. The van der Waals surface area contributed by atoms with Crippen molar-refractivity contribution < 1.29 is 66.5 Å². The molecule has 0 aromatic rings. The Morgan fingerprint density at radius 2 is 1.41 bits per heavy atom. The van der Waals surface area contributed by atoms with E-state index in [-0.39, 0.29) is 67.4 Å². The highest BCUT2D eigenvalue weighted by molar-refractivity contribution is 5.92. The van der Waals surface area contributed by atoms with Gasteiger partial charge in [0.05, 0.1) is 12.7 Å². The number of fused-ring (bicyclic) bond motifs is 4. The lowest BCUT2D eigenvalue weighted by molar-refractivity contribution is -0.315. The maximum absolute atomic E-state index is 13.9. The number of esters is 3. The molecule has 0 aromatic carbocycles. The van der Waals surface area contributed by atoms with E-state index >= 15 is 0 Å². The van der Waals surface area contributed by atoms with Crippen LogP contribution in [-0.2, 0) is 66.5 Å². The Balaban J connectivity index is 0.936. The summed E-state index contributed by atoms with van der Waals surface area (Å²) in [7, 11) is 0. The van der Waals surface area contributed by atoms with Gasteiger partial charge in [0, 0.05) is 50.3 Å². The summed E-state index contributed by atoms with van der Waals surface area (Å²) in [6.07, 6.45) is 5.08. The fraction of sp³-hybridized carbons (Fsp3) is 0.894. The molecule has 0 radical (unpaired) electrons. The first-order valence-electron chi connectivity index (χ1n) is 23.9. The molecule has 6 fully saturated rings. The lowest BCUT2D eigenvalue weighted by Gasteiger charge is -2.53. The fourth-order valence-corrected chi connectivity index (χ4v) is 11.8. The van der Waals surface area contributed by atoms with Crippen LogP contribution in [0.5, 0.6) is 0 Å². The molecule has 8 aliphatic rings. The van der Waals surface area contributed by atoms with Crippen molar-refractivity contribution in [2.45, 2.75) is 210 Å². The van der Waals surface area contributed by atoms with E-state index in [1.807, 2.05) is 0 Å². The highest BCUT2D eigenvalue weighted by Crippen LogP contribution is 2.83. The van der Waals surface area contributed by atoms with Gasteiger partial charge >= 0.3 is 17.9 Å². The average molecular weight is 861 g/mol. The lowest BCUT2D eigenvalue weighted by atomic mass is 9.46. The molecule has 61 heavy (non-hydrogen) atoms. The molecule has 5 heterocycles. The Labute approximate surface area is 362 Å². The van der Waals surface area contributed by atoms with Gasteiger partial charge in [0.1, 0.15) is 54.4 Å². The van der Waals surface area contributed by atoms with Gasteiger partial charge in [-0.15, -0.1) is 0 Å². The van der Waals surface area contributed by atoms with Crippen LogP contribution in [0.3, 0.4) is 0 Å². The van der Waals surface area contributed by atoms with E-state index in [4.69, 9.17) is 52.1 Å². The van der Waals surface area contributed by atoms with Crippen LogP contribution >= 0.6 is 0 Å². The van der Waals surface area contributed by atoms with E-state index in [1.54, 1.807) is 0 Å². The zero-order valence-electron chi connectivity index (χ0n) is 37.7. The van der Waals surface area contributed by atoms with E-state index in [9.17, 15) is 14.4 Å². The van der Waals surface area contributed by atoms with Crippen LogP contribution in [0.1, 0.15) is 138 Å². The molecule has 4 saturated heterocycles. The average Bonchev–Trinajstić information content (AvgIpc) is 4.17. The van der Waals surface area contributed by atoms with Crippen molar-refractivity contribution in [2.24, 2.45) is 17.3 Å². The molecular formula is C47H72O14. The van der Waals surface area contributed by atoms with Gasteiger partial charge in [-0.05, 0) is 68.8 Å². The summed E-state index contributed by atoms with van der Waals surface area (Å²) >= 11 is 0. The second-order valence-electron chi connectivity index (χ2n) is 19.3. The van der Waals surface area contributed by atoms with Crippen molar-refractivity contribution in [1.29, 1.82) is 0 Å². The van der Waals surface area contributed by atoms with Crippen molar-refractivity contribution >= 4 is 17.9 Å². The fourth-order valence-electron chi connectivity index (χ4n) is 11.8.